The normalized spacial score (nSPS) is 12.4. The molecule has 0 saturated carbocycles. The highest BCUT2D eigenvalue weighted by molar-refractivity contribution is 5.75. The Balaban J connectivity index is 1.96. The highest BCUT2D eigenvalue weighted by Gasteiger charge is 2.35. The number of aromatic nitrogens is 3. The zero-order valence-corrected chi connectivity index (χ0v) is 15.7. The fraction of sp³-hybridized carbons (Fsp3) is 0.368. The highest BCUT2D eigenvalue weighted by Crippen LogP contribution is 2.36. The molecule has 0 bridgehead atoms. The quantitative estimate of drug-likeness (QED) is 0.665. The summed E-state index contributed by atoms with van der Waals surface area (Å²) in [5.41, 5.74) is -0.781. The van der Waals surface area contributed by atoms with Gasteiger partial charge in [-0.15, -0.1) is 0 Å². The van der Waals surface area contributed by atoms with Crippen LogP contribution in [-0.2, 0) is 19.3 Å². The molecule has 28 heavy (non-hydrogen) atoms. The van der Waals surface area contributed by atoms with Gasteiger partial charge in [0.15, 0.2) is 5.65 Å². The second kappa shape index (κ2) is 7.31. The van der Waals surface area contributed by atoms with Crippen LogP contribution in [0.2, 0.25) is 0 Å². The lowest BCUT2D eigenvalue weighted by molar-refractivity contribution is -0.137. The monoisotopic (exact) mass is 394 g/mol. The topological polar surface area (TPSA) is 72.2 Å². The number of pyridine rings is 1. The molecule has 9 heteroatoms. The minimum atomic E-state index is -4.58. The molecule has 2 heterocycles. The van der Waals surface area contributed by atoms with Crippen molar-refractivity contribution in [2.75, 3.05) is 12.4 Å². The first kappa shape index (κ1) is 19.9. The fourth-order valence-electron chi connectivity index (χ4n) is 2.80. The number of hydrogen-bond donors (Lipinski definition) is 2. The second-order valence-electron chi connectivity index (χ2n) is 7.11. The van der Waals surface area contributed by atoms with Crippen LogP contribution in [0.25, 0.3) is 11.2 Å². The summed E-state index contributed by atoms with van der Waals surface area (Å²) in [5, 5.41) is 12.8. The molecule has 150 valence electrons. The molecule has 0 aliphatic rings. The van der Waals surface area contributed by atoms with Crippen LogP contribution in [0.4, 0.5) is 19.0 Å². The SMILES string of the molecule is COc1ccc(CNc2nc3c(cc2C(F)(F)F)ncn3CC(C)(C)O)cc1. The first-order valence-corrected chi connectivity index (χ1v) is 8.59. The van der Waals surface area contributed by atoms with Crippen LogP contribution in [-0.4, -0.2) is 32.4 Å². The molecular formula is C19H21F3N4O2. The average molecular weight is 394 g/mol. The van der Waals surface area contributed by atoms with Crippen molar-refractivity contribution in [2.45, 2.75) is 38.7 Å². The molecule has 2 aromatic heterocycles. The Kier molecular flexibility index (Phi) is 5.20. The lowest BCUT2D eigenvalue weighted by Crippen LogP contribution is -2.26. The molecule has 0 unspecified atom stereocenters. The fourth-order valence-corrected chi connectivity index (χ4v) is 2.80. The van der Waals surface area contributed by atoms with Gasteiger partial charge in [-0.1, -0.05) is 12.1 Å². The lowest BCUT2D eigenvalue weighted by Gasteiger charge is -2.18. The Hall–Kier alpha value is -2.81. The van der Waals surface area contributed by atoms with Crippen molar-refractivity contribution in [2.24, 2.45) is 0 Å². The zero-order valence-electron chi connectivity index (χ0n) is 15.7. The third-order valence-corrected chi connectivity index (χ3v) is 4.07. The molecule has 0 atom stereocenters. The second-order valence-corrected chi connectivity index (χ2v) is 7.11. The van der Waals surface area contributed by atoms with Crippen molar-refractivity contribution >= 4 is 17.0 Å². The molecule has 1 aromatic carbocycles. The van der Waals surface area contributed by atoms with Crippen LogP contribution in [0.3, 0.4) is 0 Å². The summed E-state index contributed by atoms with van der Waals surface area (Å²) < 4.78 is 47.1. The van der Waals surface area contributed by atoms with E-state index in [2.05, 4.69) is 15.3 Å². The summed E-state index contributed by atoms with van der Waals surface area (Å²) in [5.74, 6) is 0.378. The molecule has 0 aliphatic carbocycles. The molecule has 0 radical (unpaired) electrons. The van der Waals surface area contributed by atoms with Crippen LogP contribution >= 0.6 is 0 Å². The average Bonchev–Trinajstić information content (AvgIpc) is 2.99. The number of fused-ring (bicyclic) bond motifs is 1. The van der Waals surface area contributed by atoms with Gasteiger partial charge in [0.1, 0.15) is 22.6 Å². The van der Waals surface area contributed by atoms with Crippen LogP contribution in [0.5, 0.6) is 5.75 Å². The minimum absolute atomic E-state index is 0.117. The van der Waals surface area contributed by atoms with Crippen LogP contribution in [0.1, 0.15) is 25.0 Å². The summed E-state index contributed by atoms with van der Waals surface area (Å²) in [7, 11) is 1.54. The molecule has 0 aliphatic heterocycles. The van der Waals surface area contributed by atoms with Gasteiger partial charge in [0, 0.05) is 6.54 Å². The molecule has 0 spiro atoms. The zero-order chi connectivity index (χ0) is 20.5. The van der Waals surface area contributed by atoms with E-state index in [1.807, 2.05) is 0 Å². The van der Waals surface area contributed by atoms with Crippen molar-refractivity contribution in [1.82, 2.24) is 14.5 Å². The highest BCUT2D eigenvalue weighted by atomic mass is 19.4. The van der Waals surface area contributed by atoms with Crippen molar-refractivity contribution in [3.63, 3.8) is 0 Å². The van der Waals surface area contributed by atoms with Gasteiger partial charge in [0.05, 0.1) is 25.6 Å². The largest absolute Gasteiger partial charge is 0.497 e. The Morgan fingerprint density at radius 2 is 1.86 bits per heavy atom. The Morgan fingerprint density at radius 3 is 2.43 bits per heavy atom. The number of hydrogen-bond acceptors (Lipinski definition) is 5. The molecule has 0 amide bonds. The van der Waals surface area contributed by atoms with Crippen LogP contribution < -0.4 is 10.1 Å². The Bertz CT molecular complexity index is 960. The van der Waals surface area contributed by atoms with E-state index < -0.39 is 17.3 Å². The number of methoxy groups -OCH3 is 1. The standard InChI is InChI=1S/C19H21F3N4O2/c1-18(2,27)10-26-11-24-15-8-14(19(20,21)22)16(25-17(15)26)23-9-12-4-6-13(28-3)7-5-12/h4-8,11,27H,9-10H2,1-3H3,(H,23,25). The maximum Gasteiger partial charge on any atom is 0.420 e. The van der Waals surface area contributed by atoms with Crippen molar-refractivity contribution in [3.05, 3.63) is 47.8 Å². The molecule has 2 N–H and O–H groups in total. The number of imidazole rings is 1. The maximum atomic E-state index is 13.5. The van der Waals surface area contributed by atoms with Gasteiger partial charge in [-0.2, -0.15) is 13.2 Å². The van der Waals surface area contributed by atoms with Gasteiger partial charge in [0.25, 0.3) is 0 Å². The number of aliphatic hydroxyl groups is 1. The van der Waals surface area contributed by atoms with E-state index in [1.165, 1.54) is 10.9 Å². The number of ether oxygens (including phenoxy) is 1. The van der Waals surface area contributed by atoms with Crippen molar-refractivity contribution < 1.29 is 23.0 Å². The van der Waals surface area contributed by atoms with Gasteiger partial charge in [-0.25, -0.2) is 9.97 Å². The summed E-state index contributed by atoms with van der Waals surface area (Å²) >= 11 is 0. The number of alkyl halides is 3. The molecular weight excluding hydrogens is 373 g/mol. The molecule has 3 rings (SSSR count). The van der Waals surface area contributed by atoms with E-state index in [1.54, 1.807) is 45.2 Å². The van der Waals surface area contributed by atoms with Gasteiger partial charge in [-0.3, -0.25) is 0 Å². The van der Waals surface area contributed by atoms with Crippen LogP contribution in [0, 0.1) is 0 Å². The van der Waals surface area contributed by atoms with E-state index >= 15 is 0 Å². The number of anilines is 1. The number of rotatable bonds is 6. The Morgan fingerprint density at radius 1 is 1.18 bits per heavy atom. The van der Waals surface area contributed by atoms with Gasteiger partial charge in [0.2, 0.25) is 0 Å². The maximum absolute atomic E-state index is 13.5. The molecule has 0 fully saturated rings. The number of halogens is 3. The first-order chi connectivity index (χ1) is 13.1. The lowest BCUT2D eigenvalue weighted by atomic mass is 10.1. The van der Waals surface area contributed by atoms with E-state index in [4.69, 9.17) is 4.74 Å². The van der Waals surface area contributed by atoms with Gasteiger partial charge < -0.3 is 19.7 Å². The smallest absolute Gasteiger partial charge is 0.420 e. The summed E-state index contributed by atoms with van der Waals surface area (Å²) in [6.45, 7) is 3.52. The number of nitrogens with one attached hydrogen (secondary N) is 1. The van der Waals surface area contributed by atoms with Crippen LogP contribution in [0.15, 0.2) is 36.7 Å². The van der Waals surface area contributed by atoms with E-state index in [-0.39, 0.29) is 30.1 Å². The summed E-state index contributed by atoms with van der Waals surface area (Å²) in [4.78, 5) is 8.17. The van der Waals surface area contributed by atoms with E-state index in [0.717, 1.165) is 11.6 Å². The predicted octanol–water partition coefficient (Wildman–Crippen LogP) is 3.84. The number of nitrogens with zero attached hydrogens (tertiary/aromatic N) is 3. The Labute approximate surface area is 160 Å². The van der Waals surface area contributed by atoms with Crippen molar-refractivity contribution in [1.29, 1.82) is 0 Å². The van der Waals surface area contributed by atoms with Crippen molar-refractivity contribution in [3.8, 4) is 5.75 Å². The van der Waals surface area contributed by atoms with Gasteiger partial charge >= 0.3 is 6.18 Å². The first-order valence-electron chi connectivity index (χ1n) is 8.59. The molecule has 3 aromatic rings. The summed E-state index contributed by atoms with van der Waals surface area (Å²) in [6, 6.07) is 7.96. The third-order valence-electron chi connectivity index (χ3n) is 4.07. The van der Waals surface area contributed by atoms with Gasteiger partial charge in [-0.05, 0) is 37.6 Å². The third kappa shape index (κ3) is 4.53. The predicted molar refractivity (Wildman–Crippen MR) is 99.1 cm³/mol. The molecule has 0 saturated heterocycles. The van der Waals surface area contributed by atoms with E-state index in [9.17, 15) is 18.3 Å². The summed E-state index contributed by atoms with van der Waals surface area (Å²) in [6.07, 6.45) is -3.20. The van der Waals surface area contributed by atoms with E-state index in [0.29, 0.717) is 5.75 Å². The number of benzene rings is 1. The molecule has 6 nitrogen and oxygen atoms in total. The minimum Gasteiger partial charge on any atom is -0.497 e.